The van der Waals surface area contributed by atoms with Crippen molar-refractivity contribution in [1.82, 2.24) is 0 Å². The Balaban J connectivity index is 2.86. The summed E-state index contributed by atoms with van der Waals surface area (Å²) in [6, 6.07) is 7.40. The third-order valence-electron chi connectivity index (χ3n) is 2.25. The van der Waals surface area contributed by atoms with Gasteiger partial charge in [-0.25, -0.2) is 4.79 Å². The molecule has 1 rings (SSSR count). The SMILES string of the molecule is CCC(OC(N)=O)C(O)c1ccccc1I. The lowest BCUT2D eigenvalue weighted by Crippen LogP contribution is -2.28. The highest BCUT2D eigenvalue weighted by molar-refractivity contribution is 14.1. The van der Waals surface area contributed by atoms with Crippen molar-refractivity contribution in [1.29, 1.82) is 0 Å². The van der Waals surface area contributed by atoms with Crippen LogP contribution in [0.5, 0.6) is 0 Å². The monoisotopic (exact) mass is 335 g/mol. The molecule has 0 fully saturated rings. The van der Waals surface area contributed by atoms with Crippen molar-refractivity contribution in [2.24, 2.45) is 5.73 Å². The van der Waals surface area contributed by atoms with Crippen LogP contribution < -0.4 is 5.73 Å². The molecule has 0 aliphatic rings. The lowest BCUT2D eigenvalue weighted by molar-refractivity contribution is 0.00297. The third kappa shape index (κ3) is 3.34. The number of aliphatic hydroxyl groups is 1. The van der Waals surface area contributed by atoms with Gasteiger partial charge in [0.1, 0.15) is 12.2 Å². The Hall–Kier alpha value is -0.820. The highest BCUT2D eigenvalue weighted by atomic mass is 127. The van der Waals surface area contributed by atoms with Crippen molar-refractivity contribution in [3.8, 4) is 0 Å². The predicted molar refractivity (Wildman–Crippen MR) is 68.9 cm³/mol. The standard InChI is InChI=1S/C11H14INO3/c1-2-9(16-11(13)15)10(14)7-5-3-4-6-8(7)12/h3-6,9-10,14H,2H2,1H3,(H2,13,15). The van der Waals surface area contributed by atoms with E-state index in [1.165, 1.54) is 0 Å². The van der Waals surface area contributed by atoms with Gasteiger partial charge in [-0.2, -0.15) is 0 Å². The van der Waals surface area contributed by atoms with Crippen LogP contribution in [0.3, 0.4) is 0 Å². The molecule has 0 heterocycles. The Bertz CT molecular complexity index is 370. The summed E-state index contributed by atoms with van der Waals surface area (Å²) >= 11 is 2.13. The van der Waals surface area contributed by atoms with E-state index in [2.05, 4.69) is 22.6 Å². The molecule has 4 nitrogen and oxygen atoms in total. The molecule has 0 radical (unpaired) electrons. The second-order valence-corrected chi connectivity index (χ2v) is 4.51. The molecule has 0 aliphatic carbocycles. The molecule has 0 aromatic heterocycles. The molecule has 1 aromatic rings. The number of carbonyl (C=O) groups is 1. The van der Waals surface area contributed by atoms with Crippen LogP contribution in [0.1, 0.15) is 25.0 Å². The molecule has 2 unspecified atom stereocenters. The van der Waals surface area contributed by atoms with Gasteiger partial charge >= 0.3 is 6.09 Å². The first-order valence-electron chi connectivity index (χ1n) is 4.94. The molecule has 0 saturated heterocycles. The summed E-state index contributed by atoms with van der Waals surface area (Å²) in [6.45, 7) is 1.83. The molecule has 1 aromatic carbocycles. The fourth-order valence-corrected chi connectivity index (χ4v) is 2.14. The number of nitrogens with two attached hydrogens (primary N) is 1. The highest BCUT2D eigenvalue weighted by Gasteiger charge is 2.23. The smallest absolute Gasteiger partial charge is 0.404 e. The van der Waals surface area contributed by atoms with Crippen LogP contribution in [-0.2, 0) is 4.74 Å². The van der Waals surface area contributed by atoms with Crippen LogP contribution in [0, 0.1) is 3.57 Å². The lowest BCUT2D eigenvalue weighted by atomic mass is 10.0. The maximum Gasteiger partial charge on any atom is 0.404 e. The predicted octanol–water partition coefficient (Wildman–Crippen LogP) is 2.20. The first kappa shape index (κ1) is 13.2. The molecular formula is C11H14INO3. The van der Waals surface area contributed by atoms with E-state index >= 15 is 0 Å². The van der Waals surface area contributed by atoms with Crippen molar-refractivity contribution in [2.75, 3.05) is 0 Å². The highest BCUT2D eigenvalue weighted by Crippen LogP contribution is 2.25. The van der Waals surface area contributed by atoms with E-state index in [9.17, 15) is 9.90 Å². The summed E-state index contributed by atoms with van der Waals surface area (Å²) in [4.78, 5) is 10.7. The Morgan fingerprint density at radius 3 is 2.69 bits per heavy atom. The number of primary amides is 1. The first-order chi connectivity index (χ1) is 7.56. The van der Waals surface area contributed by atoms with Crippen LogP contribution in [0.15, 0.2) is 24.3 Å². The normalized spacial score (nSPS) is 14.2. The second-order valence-electron chi connectivity index (χ2n) is 3.35. The van der Waals surface area contributed by atoms with Crippen LogP contribution in [0.4, 0.5) is 4.79 Å². The molecule has 88 valence electrons. The number of amides is 1. The molecule has 0 saturated carbocycles. The molecule has 5 heteroatoms. The summed E-state index contributed by atoms with van der Waals surface area (Å²) in [7, 11) is 0. The van der Waals surface area contributed by atoms with Gasteiger partial charge in [0, 0.05) is 3.57 Å². The van der Waals surface area contributed by atoms with Gasteiger partial charge in [-0.15, -0.1) is 0 Å². The summed E-state index contributed by atoms with van der Waals surface area (Å²) in [5, 5.41) is 10.1. The Labute approximate surface area is 108 Å². The zero-order chi connectivity index (χ0) is 12.1. The van der Waals surface area contributed by atoms with Gasteiger partial charge < -0.3 is 15.6 Å². The van der Waals surface area contributed by atoms with Crippen molar-refractivity contribution in [2.45, 2.75) is 25.6 Å². The molecule has 1 amide bonds. The van der Waals surface area contributed by atoms with E-state index in [-0.39, 0.29) is 0 Å². The molecule has 16 heavy (non-hydrogen) atoms. The number of halogens is 1. The van der Waals surface area contributed by atoms with Gasteiger partial charge in [-0.1, -0.05) is 25.1 Å². The number of rotatable bonds is 4. The molecule has 0 bridgehead atoms. The Morgan fingerprint density at radius 1 is 1.56 bits per heavy atom. The van der Waals surface area contributed by atoms with Crippen LogP contribution in [0.2, 0.25) is 0 Å². The van der Waals surface area contributed by atoms with Crippen LogP contribution in [0.25, 0.3) is 0 Å². The van der Waals surface area contributed by atoms with E-state index < -0.39 is 18.3 Å². The average Bonchev–Trinajstić information content (AvgIpc) is 2.25. The molecule has 2 atom stereocenters. The first-order valence-corrected chi connectivity index (χ1v) is 6.02. The maximum atomic E-state index is 10.7. The maximum absolute atomic E-state index is 10.7. The van der Waals surface area contributed by atoms with Gasteiger partial charge in [-0.05, 0) is 40.6 Å². The van der Waals surface area contributed by atoms with Gasteiger partial charge in [0.15, 0.2) is 0 Å². The topological polar surface area (TPSA) is 72.5 Å². The Morgan fingerprint density at radius 2 is 2.19 bits per heavy atom. The summed E-state index contributed by atoms with van der Waals surface area (Å²) in [6.07, 6.45) is -1.80. The fourth-order valence-electron chi connectivity index (χ4n) is 1.44. The largest absolute Gasteiger partial charge is 0.443 e. The minimum atomic E-state index is -0.864. The van der Waals surface area contributed by atoms with E-state index in [0.717, 1.165) is 9.13 Å². The number of hydrogen-bond donors (Lipinski definition) is 2. The number of carbonyl (C=O) groups excluding carboxylic acids is 1. The fraction of sp³-hybridized carbons (Fsp3) is 0.364. The van der Waals surface area contributed by atoms with Crippen LogP contribution in [-0.4, -0.2) is 17.3 Å². The molecule has 0 spiro atoms. The summed E-state index contributed by atoms with van der Waals surface area (Å²) < 4.78 is 5.79. The summed E-state index contributed by atoms with van der Waals surface area (Å²) in [5.74, 6) is 0. The Kier molecular flexibility index (Phi) is 5.01. The average molecular weight is 335 g/mol. The van der Waals surface area contributed by atoms with E-state index in [4.69, 9.17) is 10.5 Å². The summed E-state index contributed by atoms with van der Waals surface area (Å²) in [5.41, 5.74) is 5.70. The number of hydrogen-bond acceptors (Lipinski definition) is 3. The zero-order valence-electron chi connectivity index (χ0n) is 8.89. The van der Waals surface area contributed by atoms with E-state index in [1.807, 2.05) is 25.1 Å². The van der Waals surface area contributed by atoms with Gasteiger partial charge in [-0.3, -0.25) is 0 Å². The van der Waals surface area contributed by atoms with E-state index in [0.29, 0.717) is 6.42 Å². The van der Waals surface area contributed by atoms with Crippen molar-refractivity contribution in [3.05, 3.63) is 33.4 Å². The lowest BCUT2D eigenvalue weighted by Gasteiger charge is -2.22. The van der Waals surface area contributed by atoms with Gasteiger partial charge in [0.25, 0.3) is 0 Å². The second kappa shape index (κ2) is 6.05. The third-order valence-corrected chi connectivity index (χ3v) is 3.23. The quantitative estimate of drug-likeness (QED) is 0.829. The zero-order valence-corrected chi connectivity index (χ0v) is 11.0. The van der Waals surface area contributed by atoms with Crippen LogP contribution >= 0.6 is 22.6 Å². The minimum absolute atomic E-state index is 0.509. The minimum Gasteiger partial charge on any atom is -0.443 e. The number of aliphatic hydroxyl groups excluding tert-OH is 1. The van der Waals surface area contributed by atoms with E-state index in [1.54, 1.807) is 6.07 Å². The molecule has 0 aliphatic heterocycles. The van der Waals surface area contributed by atoms with Crippen molar-refractivity contribution >= 4 is 28.7 Å². The molecular weight excluding hydrogens is 321 g/mol. The number of ether oxygens (including phenoxy) is 1. The molecule has 3 N–H and O–H groups in total. The van der Waals surface area contributed by atoms with Gasteiger partial charge in [0.2, 0.25) is 0 Å². The van der Waals surface area contributed by atoms with Crippen molar-refractivity contribution < 1.29 is 14.6 Å². The van der Waals surface area contributed by atoms with Gasteiger partial charge in [0.05, 0.1) is 0 Å². The number of benzene rings is 1. The van der Waals surface area contributed by atoms with Crippen molar-refractivity contribution in [3.63, 3.8) is 0 Å².